The van der Waals surface area contributed by atoms with Gasteiger partial charge in [0.1, 0.15) is 0 Å². The second-order valence-corrected chi connectivity index (χ2v) is 6.38. The van der Waals surface area contributed by atoms with Crippen molar-refractivity contribution in [3.63, 3.8) is 0 Å². The van der Waals surface area contributed by atoms with Gasteiger partial charge in [0, 0.05) is 25.5 Å². The number of urea groups is 1. The topological polar surface area (TPSA) is 85.2 Å². The predicted molar refractivity (Wildman–Crippen MR) is 86.8 cm³/mol. The van der Waals surface area contributed by atoms with Crippen molar-refractivity contribution in [1.82, 2.24) is 24.6 Å². The van der Waals surface area contributed by atoms with Gasteiger partial charge in [-0.2, -0.15) is 5.10 Å². The fourth-order valence-corrected chi connectivity index (χ4v) is 2.99. The molecule has 0 bridgehead atoms. The van der Waals surface area contributed by atoms with Crippen molar-refractivity contribution in [1.29, 1.82) is 0 Å². The minimum Gasteiger partial charge on any atom is -0.371 e. The van der Waals surface area contributed by atoms with Gasteiger partial charge in [-0.3, -0.25) is 0 Å². The van der Waals surface area contributed by atoms with Gasteiger partial charge in [0.05, 0.1) is 30.3 Å². The lowest BCUT2D eigenvalue weighted by molar-refractivity contribution is -0.0717. The van der Waals surface area contributed by atoms with E-state index in [4.69, 9.17) is 4.74 Å². The lowest BCUT2D eigenvalue weighted by atomic mass is 10.1. The summed E-state index contributed by atoms with van der Waals surface area (Å²) in [6.07, 6.45) is 9.24. The van der Waals surface area contributed by atoms with E-state index in [0.29, 0.717) is 30.6 Å². The maximum Gasteiger partial charge on any atom is 0.322 e. The highest BCUT2D eigenvalue weighted by molar-refractivity contribution is 5.89. The number of anilines is 1. The first kappa shape index (κ1) is 15.1. The number of hydrogen-bond acceptors (Lipinski definition) is 5. The van der Waals surface area contributed by atoms with E-state index in [1.165, 1.54) is 17.5 Å². The van der Waals surface area contributed by atoms with Crippen molar-refractivity contribution in [3.8, 4) is 5.95 Å². The molecule has 8 heteroatoms. The van der Waals surface area contributed by atoms with Crippen LogP contribution >= 0.6 is 0 Å². The minimum absolute atomic E-state index is 0.0653. The molecule has 0 spiro atoms. The second kappa shape index (κ2) is 6.20. The van der Waals surface area contributed by atoms with Gasteiger partial charge in [0.2, 0.25) is 5.95 Å². The van der Waals surface area contributed by atoms with E-state index < -0.39 is 0 Å². The fraction of sp³-hybridized carbons (Fsp3) is 0.500. The molecule has 24 heavy (non-hydrogen) atoms. The molecule has 2 aromatic heterocycles. The smallest absolute Gasteiger partial charge is 0.322 e. The van der Waals surface area contributed by atoms with Crippen LogP contribution in [-0.2, 0) is 4.74 Å². The standard InChI is InChI=1S/C16H20N6O2/c1-11-8-21(10-14(24-11)12-3-4-12)16(23)20-13-7-19-22(9-13)15-17-5-2-6-18-15/h2,5-7,9,11-12,14H,3-4,8,10H2,1H3,(H,20,23)/t11-,14+/m0/s1. The van der Waals surface area contributed by atoms with Crippen molar-refractivity contribution in [2.24, 2.45) is 5.92 Å². The molecule has 2 amide bonds. The van der Waals surface area contributed by atoms with Gasteiger partial charge in [-0.1, -0.05) is 0 Å². The van der Waals surface area contributed by atoms with E-state index in [0.717, 1.165) is 0 Å². The van der Waals surface area contributed by atoms with Crippen molar-refractivity contribution in [3.05, 3.63) is 30.9 Å². The number of rotatable bonds is 3. The molecule has 2 atom stereocenters. The molecule has 2 aromatic rings. The molecular formula is C16H20N6O2. The third kappa shape index (κ3) is 3.23. The zero-order valence-corrected chi connectivity index (χ0v) is 13.5. The molecule has 1 aliphatic heterocycles. The Bertz CT molecular complexity index is 714. The van der Waals surface area contributed by atoms with Crippen LogP contribution in [0.1, 0.15) is 19.8 Å². The predicted octanol–water partition coefficient (Wildman–Crippen LogP) is 1.69. The van der Waals surface area contributed by atoms with Gasteiger partial charge in [-0.15, -0.1) is 0 Å². The van der Waals surface area contributed by atoms with E-state index in [1.54, 1.807) is 30.9 Å². The van der Waals surface area contributed by atoms with Crippen molar-refractivity contribution in [2.75, 3.05) is 18.4 Å². The summed E-state index contributed by atoms with van der Waals surface area (Å²) >= 11 is 0. The molecule has 1 saturated carbocycles. The third-order valence-corrected chi connectivity index (χ3v) is 4.31. The van der Waals surface area contributed by atoms with Gasteiger partial charge in [-0.25, -0.2) is 19.4 Å². The van der Waals surface area contributed by atoms with Crippen LogP contribution < -0.4 is 5.32 Å². The van der Waals surface area contributed by atoms with Crippen molar-refractivity contribution >= 4 is 11.7 Å². The molecule has 0 unspecified atom stereocenters. The molecule has 4 rings (SSSR count). The molecule has 8 nitrogen and oxygen atoms in total. The molecule has 1 saturated heterocycles. The molecule has 2 aliphatic rings. The largest absolute Gasteiger partial charge is 0.371 e. The van der Waals surface area contributed by atoms with Gasteiger partial charge in [0.15, 0.2) is 0 Å². The monoisotopic (exact) mass is 328 g/mol. The van der Waals surface area contributed by atoms with Crippen LogP contribution in [-0.4, -0.2) is 56.0 Å². The van der Waals surface area contributed by atoms with Crippen LogP contribution in [0.2, 0.25) is 0 Å². The summed E-state index contributed by atoms with van der Waals surface area (Å²) in [7, 11) is 0. The Morgan fingerprint density at radius 3 is 2.83 bits per heavy atom. The molecule has 1 N–H and O–H groups in total. The van der Waals surface area contributed by atoms with Crippen LogP contribution in [0, 0.1) is 5.92 Å². The Hall–Kier alpha value is -2.48. The number of aromatic nitrogens is 4. The number of carbonyl (C=O) groups excluding carboxylic acids is 1. The normalized spacial score (nSPS) is 24.0. The third-order valence-electron chi connectivity index (χ3n) is 4.31. The number of nitrogens with one attached hydrogen (secondary N) is 1. The molecule has 0 radical (unpaired) electrons. The van der Waals surface area contributed by atoms with Gasteiger partial charge in [-0.05, 0) is 31.7 Å². The molecule has 3 heterocycles. The number of nitrogens with zero attached hydrogens (tertiary/aromatic N) is 5. The first-order valence-electron chi connectivity index (χ1n) is 8.22. The van der Waals surface area contributed by atoms with E-state index in [1.807, 2.05) is 11.8 Å². The van der Waals surface area contributed by atoms with Gasteiger partial charge >= 0.3 is 6.03 Å². The summed E-state index contributed by atoms with van der Waals surface area (Å²) in [4.78, 5) is 22.6. The summed E-state index contributed by atoms with van der Waals surface area (Å²) in [6.45, 7) is 3.27. The van der Waals surface area contributed by atoms with Gasteiger partial charge < -0.3 is 15.0 Å². The highest BCUT2D eigenvalue weighted by Gasteiger charge is 2.38. The van der Waals surface area contributed by atoms with Crippen molar-refractivity contribution in [2.45, 2.75) is 32.0 Å². The van der Waals surface area contributed by atoms with E-state index in [-0.39, 0.29) is 18.2 Å². The number of ether oxygens (including phenoxy) is 1. The Morgan fingerprint density at radius 1 is 1.29 bits per heavy atom. The zero-order valence-electron chi connectivity index (χ0n) is 13.5. The summed E-state index contributed by atoms with van der Waals surface area (Å²) < 4.78 is 7.48. The molecule has 0 aromatic carbocycles. The van der Waals surface area contributed by atoms with E-state index in [9.17, 15) is 4.79 Å². The fourth-order valence-electron chi connectivity index (χ4n) is 2.99. The molecule has 1 aliphatic carbocycles. The quantitative estimate of drug-likeness (QED) is 0.927. The van der Waals surface area contributed by atoms with E-state index >= 15 is 0 Å². The summed E-state index contributed by atoms with van der Waals surface area (Å²) in [6, 6.07) is 1.62. The Balaban J connectivity index is 1.41. The summed E-state index contributed by atoms with van der Waals surface area (Å²) in [5.41, 5.74) is 0.620. The SMILES string of the molecule is C[C@H]1CN(C(=O)Nc2cnn(-c3ncccn3)c2)C[C@H](C2CC2)O1. The number of hydrogen-bond donors (Lipinski definition) is 1. The Kier molecular flexibility index (Phi) is 3.89. The molecule has 2 fully saturated rings. The number of carbonyl (C=O) groups is 1. The average Bonchev–Trinajstić information content (AvgIpc) is 3.35. The Labute approximate surface area is 139 Å². The van der Waals surface area contributed by atoms with Crippen LogP contribution in [0.25, 0.3) is 5.95 Å². The molecule has 126 valence electrons. The van der Waals surface area contributed by atoms with Gasteiger partial charge in [0.25, 0.3) is 0 Å². The maximum absolute atomic E-state index is 12.5. The first-order valence-corrected chi connectivity index (χ1v) is 8.22. The van der Waals surface area contributed by atoms with Crippen LogP contribution in [0.5, 0.6) is 0 Å². The highest BCUT2D eigenvalue weighted by Crippen LogP contribution is 2.36. The molecular weight excluding hydrogens is 308 g/mol. The zero-order chi connectivity index (χ0) is 16.5. The van der Waals surface area contributed by atoms with E-state index in [2.05, 4.69) is 20.4 Å². The lowest BCUT2D eigenvalue weighted by Gasteiger charge is -2.36. The summed E-state index contributed by atoms with van der Waals surface area (Å²) in [5.74, 6) is 1.08. The van der Waals surface area contributed by atoms with Crippen LogP contribution in [0.3, 0.4) is 0 Å². The maximum atomic E-state index is 12.5. The van der Waals surface area contributed by atoms with Crippen molar-refractivity contribution < 1.29 is 9.53 Å². The number of morpholine rings is 1. The van der Waals surface area contributed by atoms with Crippen LogP contribution in [0.15, 0.2) is 30.9 Å². The number of amides is 2. The minimum atomic E-state index is -0.121. The second-order valence-electron chi connectivity index (χ2n) is 6.38. The Morgan fingerprint density at radius 2 is 2.08 bits per heavy atom. The first-order chi connectivity index (χ1) is 11.7. The van der Waals surface area contributed by atoms with Crippen LogP contribution in [0.4, 0.5) is 10.5 Å². The highest BCUT2D eigenvalue weighted by atomic mass is 16.5. The lowest BCUT2D eigenvalue weighted by Crippen LogP contribution is -2.51. The summed E-state index contributed by atoms with van der Waals surface area (Å²) in [5, 5.41) is 7.08. The average molecular weight is 328 g/mol.